The number of unbranched alkanes of at least 4 members (excludes halogenated alkanes) is 3. The maximum absolute atomic E-state index is 12.5. The molecule has 2 heterocycles. The van der Waals surface area contributed by atoms with Crippen LogP contribution in [-0.2, 0) is 6.42 Å². The van der Waals surface area contributed by atoms with E-state index in [9.17, 15) is 9.59 Å². The van der Waals surface area contributed by atoms with Gasteiger partial charge in [0.15, 0.2) is 0 Å². The van der Waals surface area contributed by atoms with Gasteiger partial charge < -0.3 is 18.3 Å². The number of fused-ring (bicyclic) bond motifs is 2. The summed E-state index contributed by atoms with van der Waals surface area (Å²) < 4.78 is 22.4. The number of benzene rings is 2. The Labute approximate surface area is 198 Å². The second kappa shape index (κ2) is 10.6. The van der Waals surface area contributed by atoms with Gasteiger partial charge in [-0.05, 0) is 62.1 Å². The highest BCUT2D eigenvalue weighted by atomic mass is 16.5. The van der Waals surface area contributed by atoms with Crippen LogP contribution < -0.4 is 20.7 Å². The van der Waals surface area contributed by atoms with Crippen molar-refractivity contribution >= 4 is 21.9 Å². The quantitative estimate of drug-likeness (QED) is 0.209. The Kier molecular flexibility index (Phi) is 7.36. The van der Waals surface area contributed by atoms with Crippen LogP contribution in [0.25, 0.3) is 21.9 Å². The Balaban J connectivity index is 1.38. The van der Waals surface area contributed by atoms with Gasteiger partial charge in [-0.15, -0.1) is 0 Å². The Morgan fingerprint density at radius 3 is 2.09 bits per heavy atom. The predicted molar refractivity (Wildman–Crippen MR) is 133 cm³/mol. The number of rotatable bonds is 10. The van der Waals surface area contributed by atoms with Gasteiger partial charge in [0, 0.05) is 34.5 Å². The van der Waals surface area contributed by atoms with Gasteiger partial charge in [0.1, 0.15) is 35.9 Å². The van der Waals surface area contributed by atoms with Crippen LogP contribution in [0.3, 0.4) is 0 Å². The summed E-state index contributed by atoms with van der Waals surface area (Å²) in [4.78, 5) is 24.1. The van der Waals surface area contributed by atoms with Crippen LogP contribution in [0.15, 0.2) is 60.9 Å². The summed E-state index contributed by atoms with van der Waals surface area (Å²) in [5.74, 6) is 1.20. The molecule has 0 amide bonds. The molecular weight excluding hydrogens is 432 g/mol. The van der Waals surface area contributed by atoms with Crippen molar-refractivity contribution in [1.29, 1.82) is 0 Å². The van der Waals surface area contributed by atoms with Crippen LogP contribution >= 0.6 is 0 Å². The first-order valence-corrected chi connectivity index (χ1v) is 11.8. The maximum Gasteiger partial charge on any atom is 0.339 e. The van der Waals surface area contributed by atoms with Crippen molar-refractivity contribution in [3.8, 4) is 11.5 Å². The molecule has 0 saturated carbocycles. The number of hydrogen-bond acceptors (Lipinski definition) is 6. The van der Waals surface area contributed by atoms with Crippen molar-refractivity contribution in [2.45, 2.75) is 52.9 Å². The van der Waals surface area contributed by atoms with Crippen LogP contribution in [0.1, 0.15) is 49.3 Å². The minimum Gasteiger partial charge on any atom is -0.490 e. The topological polar surface area (TPSA) is 78.9 Å². The van der Waals surface area contributed by atoms with Gasteiger partial charge in [-0.1, -0.05) is 26.2 Å². The second-order valence-corrected chi connectivity index (χ2v) is 8.57. The van der Waals surface area contributed by atoms with Gasteiger partial charge in [0.05, 0.1) is 0 Å². The zero-order valence-corrected chi connectivity index (χ0v) is 19.9. The molecule has 2 aromatic heterocycles. The van der Waals surface area contributed by atoms with Crippen molar-refractivity contribution in [2.24, 2.45) is 0 Å². The van der Waals surface area contributed by atoms with E-state index < -0.39 is 0 Å². The van der Waals surface area contributed by atoms with E-state index in [-0.39, 0.29) is 11.3 Å². The molecule has 0 spiro atoms. The molecule has 6 nitrogen and oxygen atoms in total. The van der Waals surface area contributed by atoms with Crippen molar-refractivity contribution in [3.63, 3.8) is 0 Å². The highest BCUT2D eigenvalue weighted by molar-refractivity contribution is 5.82. The van der Waals surface area contributed by atoms with Crippen molar-refractivity contribution in [2.75, 3.05) is 13.2 Å². The lowest BCUT2D eigenvalue weighted by molar-refractivity contribution is 0.217. The zero-order chi connectivity index (χ0) is 24.1. The van der Waals surface area contributed by atoms with Gasteiger partial charge >= 0.3 is 11.3 Å². The Morgan fingerprint density at radius 2 is 1.41 bits per heavy atom. The van der Waals surface area contributed by atoms with E-state index in [4.69, 9.17) is 18.3 Å². The van der Waals surface area contributed by atoms with Gasteiger partial charge in [-0.2, -0.15) is 0 Å². The normalized spacial score (nSPS) is 11.3. The van der Waals surface area contributed by atoms with Crippen molar-refractivity contribution in [3.05, 3.63) is 80.0 Å². The average Bonchev–Trinajstić information content (AvgIpc) is 2.80. The van der Waals surface area contributed by atoms with E-state index in [1.807, 2.05) is 38.1 Å². The molecule has 0 radical (unpaired) electrons. The number of ether oxygens (including phenoxy) is 2. The van der Waals surface area contributed by atoms with Crippen LogP contribution in [0.5, 0.6) is 11.5 Å². The molecule has 6 heteroatoms. The fourth-order valence-electron chi connectivity index (χ4n) is 4.20. The first kappa shape index (κ1) is 23.6. The third-order valence-electron chi connectivity index (χ3n) is 6.08. The fourth-order valence-corrected chi connectivity index (χ4v) is 4.20. The third kappa shape index (κ3) is 5.33. The highest BCUT2D eigenvalue weighted by Gasteiger charge is 2.12. The number of hydrogen-bond donors (Lipinski definition) is 0. The van der Waals surface area contributed by atoms with Gasteiger partial charge in [-0.3, -0.25) is 0 Å². The minimum atomic E-state index is -0.382. The highest BCUT2D eigenvalue weighted by Crippen LogP contribution is 2.25. The molecule has 0 aliphatic carbocycles. The molecule has 0 bridgehead atoms. The van der Waals surface area contributed by atoms with Gasteiger partial charge in [0.2, 0.25) is 0 Å². The Hall–Kier alpha value is -3.54. The van der Waals surface area contributed by atoms with Gasteiger partial charge in [-0.25, -0.2) is 9.59 Å². The molecule has 4 aromatic rings. The summed E-state index contributed by atoms with van der Waals surface area (Å²) in [6.45, 7) is 6.64. The molecule has 4 rings (SSSR count). The van der Waals surface area contributed by atoms with Crippen molar-refractivity contribution in [1.82, 2.24) is 0 Å². The van der Waals surface area contributed by atoms with Crippen LogP contribution in [0, 0.1) is 13.8 Å². The summed E-state index contributed by atoms with van der Waals surface area (Å²) in [6.07, 6.45) is 5.21. The summed E-state index contributed by atoms with van der Waals surface area (Å²) in [5.41, 5.74) is 2.99. The van der Waals surface area contributed by atoms with Gasteiger partial charge in [0.25, 0.3) is 0 Å². The van der Waals surface area contributed by atoms with E-state index in [0.29, 0.717) is 35.9 Å². The summed E-state index contributed by atoms with van der Waals surface area (Å²) in [5, 5.41) is 1.81. The lowest BCUT2D eigenvalue weighted by atomic mass is 10.0. The number of aryl methyl sites for hydroxylation is 2. The molecule has 178 valence electrons. The molecule has 0 N–H and O–H groups in total. The van der Waals surface area contributed by atoms with E-state index in [0.717, 1.165) is 46.7 Å². The first-order chi connectivity index (χ1) is 16.5. The molecule has 2 aromatic carbocycles. The SMILES string of the molecule is CCCCCCc1c(C)c2ccc(OCCOc3ccc4c(C)cc(=O)oc4c3)cc2oc1=O. The standard InChI is InChI=1S/C28H30O6/c1-4-5-6-7-8-24-19(3)23-12-10-21(17-26(23)34-28(24)30)32-14-13-31-20-9-11-22-18(2)15-27(29)33-25(22)16-20/h9-12,15-17H,4-8,13-14H2,1-3H3. The van der Waals surface area contributed by atoms with E-state index in [1.54, 1.807) is 12.1 Å². The summed E-state index contributed by atoms with van der Waals surface area (Å²) in [6, 6.07) is 12.4. The molecule has 0 aliphatic heterocycles. The Bertz CT molecular complexity index is 1410. The van der Waals surface area contributed by atoms with E-state index >= 15 is 0 Å². The third-order valence-corrected chi connectivity index (χ3v) is 6.08. The molecule has 0 saturated heterocycles. The molecule has 0 fully saturated rings. The average molecular weight is 463 g/mol. The van der Waals surface area contributed by atoms with Crippen LogP contribution in [0.2, 0.25) is 0 Å². The lowest BCUT2D eigenvalue weighted by Crippen LogP contribution is -2.11. The second-order valence-electron chi connectivity index (χ2n) is 8.57. The lowest BCUT2D eigenvalue weighted by Gasteiger charge is -2.11. The largest absolute Gasteiger partial charge is 0.490 e. The molecular formula is C28H30O6. The molecule has 0 atom stereocenters. The molecule has 34 heavy (non-hydrogen) atoms. The Morgan fingerprint density at radius 1 is 0.765 bits per heavy atom. The monoisotopic (exact) mass is 462 g/mol. The predicted octanol–water partition coefficient (Wildman–Crippen LogP) is 6.10. The summed E-state index contributed by atoms with van der Waals surface area (Å²) in [7, 11) is 0. The van der Waals surface area contributed by atoms with Crippen LogP contribution in [0.4, 0.5) is 0 Å². The maximum atomic E-state index is 12.5. The minimum absolute atomic E-state index is 0.264. The fraction of sp³-hybridized carbons (Fsp3) is 0.357. The zero-order valence-electron chi connectivity index (χ0n) is 19.9. The molecule has 0 aliphatic rings. The van der Waals surface area contributed by atoms with Crippen molar-refractivity contribution < 1.29 is 18.3 Å². The van der Waals surface area contributed by atoms with E-state index in [2.05, 4.69) is 6.92 Å². The van der Waals surface area contributed by atoms with Crippen LogP contribution in [-0.4, -0.2) is 13.2 Å². The summed E-state index contributed by atoms with van der Waals surface area (Å²) >= 11 is 0. The first-order valence-electron chi connectivity index (χ1n) is 11.8. The van der Waals surface area contributed by atoms with E-state index in [1.165, 1.54) is 18.9 Å². The smallest absolute Gasteiger partial charge is 0.339 e. The molecule has 0 unspecified atom stereocenters.